The number of nitrogens with one attached hydrogen (secondary N) is 1. The van der Waals surface area contributed by atoms with Crippen LogP contribution in [0.15, 0.2) is 47.4 Å². The van der Waals surface area contributed by atoms with Gasteiger partial charge in [0.05, 0.1) is 5.69 Å². The molecule has 0 unspecified atom stereocenters. The number of ketones is 1. The molecule has 2 aromatic rings. The molecule has 0 spiro atoms. The molecule has 2 aromatic carbocycles. The van der Waals surface area contributed by atoms with Crippen molar-refractivity contribution in [3.63, 3.8) is 0 Å². The summed E-state index contributed by atoms with van der Waals surface area (Å²) in [6, 6.07) is 12.5. The van der Waals surface area contributed by atoms with Crippen molar-refractivity contribution in [1.29, 1.82) is 0 Å². The minimum atomic E-state index is -0.633. The van der Waals surface area contributed by atoms with Crippen molar-refractivity contribution < 1.29 is 23.9 Å². The topological polar surface area (TPSA) is 81.7 Å². The maximum Gasteiger partial charge on any atom is 0.344 e. The number of hydrogen-bond donors (Lipinski definition) is 1. The molecule has 160 valence electrons. The van der Waals surface area contributed by atoms with E-state index in [4.69, 9.17) is 9.47 Å². The smallest absolute Gasteiger partial charge is 0.344 e. The monoisotopic (exact) mass is 429 g/mol. The van der Waals surface area contributed by atoms with E-state index in [1.54, 1.807) is 30.3 Å². The Hall–Kier alpha value is -2.80. The first-order valence-corrected chi connectivity index (χ1v) is 10.7. The summed E-state index contributed by atoms with van der Waals surface area (Å²) in [6.45, 7) is 7.06. The van der Waals surface area contributed by atoms with Crippen molar-refractivity contribution in [3.8, 4) is 5.75 Å². The van der Waals surface area contributed by atoms with Gasteiger partial charge in [-0.1, -0.05) is 39.0 Å². The van der Waals surface area contributed by atoms with Gasteiger partial charge < -0.3 is 14.8 Å². The first kappa shape index (κ1) is 23.5. The number of rotatable bonds is 8. The first-order chi connectivity index (χ1) is 14.1. The lowest BCUT2D eigenvalue weighted by molar-refractivity contribution is -0.144. The molecule has 0 atom stereocenters. The van der Waals surface area contributed by atoms with E-state index in [2.05, 4.69) is 26.1 Å². The highest BCUT2D eigenvalue weighted by atomic mass is 32.2. The zero-order chi connectivity index (χ0) is 22.3. The fourth-order valence-corrected chi connectivity index (χ4v) is 3.17. The van der Waals surface area contributed by atoms with Crippen LogP contribution in [0, 0.1) is 0 Å². The van der Waals surface area contributed by atoms with Crippen LogP contribution < -0.4 is 10.1 Å². The maximum absolute atomic E-state index is 12.4. The van der Waals surface area contributed by atoms with Crippen LogP contribution in [0.2, 0.25) is 0 Å². The molecule has 2 rings (SSSR count). The third-order valence-corrected chi connectivity index (χ3v) is 5.07. The molecular weight excluding hydrogens is 402 g/mol. The Labute approximate surface area is 181 Å². The van der Waals surface area contributed by atoms with Crippen molar-refractivity contribution in [3.05, 3.63) is 53.6 Å². The Bertz CT molecular complexity index is 916. The number of ether oxygens (including phenoxy) is 2. The SMILES string of the molecule is CSc1ccc(C(=O)COC(=O)COc2ccc(C(C)(C)C)cc2)cc1NC(C)=O. The predicted molar refractivity (Wildman–Crippen MR) is 118 cm³/mol. The van der Waals surface area contributed by atoms with E-state index in [1.807, 2.05) is 18.4 Å². The predicted octanol–water partition coefficient (Wildman–Crippen LogP) is 4.47. The summed E-state index contributed by atoms with van der Waals surface area (Å²) in [6.07, 6.45) is 1.88. The molecule has 0 saturated carbocycles. The van der Waals surface area contributed by atoms with E-state index in [0.29, 0.717) is 17.0 Å². The molecule has 6 nitrogen and oxygen atoms in total. The van der Waals surface area contributed by atoms with Gasteiger partial charge >= 0.3 is 5.97 Å². The van der Waals surface area contributed by atoms with E-state index >= 15 is 0 Å². The van der Waals surface area contributed by atoms with Gasteiger partial charge in [-0.05, 0) is 41.5 Å². The minimum absolute atomic E-state index is 0.0334. The van der Waals surface area contributed by atoms with Crippen LogP contribution in [0.1, 0.15) is 43.6 Å². The number of esters is 1. The normalized spacial score (nSPS) is 11.0. The van der Waals surface area contributed by atoms with Crippen LogP contribution in [0.4, 0.5) is 5.69 Å². The molecular formula is C23H27NO5S. The zero-order valence-electron chi connectivity index (χ0n) is 17.9. The highest BCUT2D eigenvalue weighted by Crippen LogP contribution is 2.27. The molecule has 0 aliphatic carbocycles. The largest absolute Gasteiger partial charge is 0.482 e. The Morgan fingerprint density at radius 3 is 2.23 bits per heavy atom. The molecule has 30 heavy (non-hydrogen) atoms. The highest BCUT2D eigenvalue weighted by Gasteiger charge is 2.15. The van der Waals surface area contributed by atoms with Crippen LogP contribution in [-0.2, 0) is 19.7 Å². The van der Waals surface area contributed by atoms with Crippen LogP contribution in [0.5, 0.6) is 5.75 Å². The van der Waals surface area contributed by atoms with Gasteiger partial charge in [0, 0.05) is 17.4 Å². The second-order valence-corrected chi connectivity index (χ2v) is 8.59. The molecule has 0 bridgehead atoms. The molecule has 0 radical (unpaired) electrons. The summed E-state index contributed by atoms with van der Waals surface area (Å²) in [5.41, 5.74) is 2.09. The molecule has 1 amide bonds. The number of thioether (sulfide) groups is 1. The van der Waals surface area contributed by atoms with Gasteiger partial charge in [-0.25, -0.2) is 4.79 Å². The molecule has 0 aliphatic rings. The maximum atomic E-state index is 12.4. The van der Waals surface area contributed by atoms with Gasteiger partial charge in [-0.15, -0.1) is 11.8 Å². The second-order valence-electron chi connectivity index (χ2n) is 7.74. The second kappa shape index (κ2) is 10.3. The molecule has 0 aromatic heterocycles. The summed E-state index contributed by atoms with van der Waals surface area (Å²) in [5.74, 6) is -0.670. The van der Waals surface area contributed by atoms with Crippen LogP contribution in [0.25, 0.3) is 0 Å². The quantitative estimate of drug-likeness (QED) is 0.379. The number of carbonyl (C=O) groups is 3. The lowest BCUT2D eigenvalue weighted by Crippen LogP contribution is -2.20. The van der Waals surface area contributed by atoms with Gasteiger partial charge in [-0.3, -0.25) is 9.59 Å². The van der Waals surface area contributed by atoms with Gasteiger partial charge in [0.1, 0.15) is 5.75 Å². The Balaban J connectivity index is 1.88. The standard InChI is InChI=1S/C23H27NO5S/c1-15(25)24-19-12-16(6-11-21(19)30-5)20(26)13-29-22(27)14-28-18-9-7-17(8-10-18)23(2,3)4/h6-12H,13-14H2,1-5H3,(H,24,25). The minimum Gasteiger partial charge on any atom is -0.482 e. The fraction of sp³-hybridized carbons (Fsp3) is 0.348. The number of benzene rings is 2. The number of Topliss-reactive ketones (excluding diaryl/α,β-unsaturated/α-hetero) is 1. The van der Waals surface area contributed by atoms with Crippen LogP contribution >= 0.6 is 11.8 Å². The average molecular weight is 430 g/mol. The number of carbonyl (C=O) groups excluding carboxylic acids is 3. The summed E-state index contributed by atoms with van der Waals surface area (Å²) >= 11 is 1.45. The van der Waals surface area contributed by atoms with E-state index in [9.17, 15) is 14.4 Å². The fourth-order valence-electron chi connectivity index (χ4n) is 2.63. The average Bonchev–Trinajstić information content (AvgIpc) is 2.69. The zero-order valence-corrected chi connectivity index (χ0v) is 18.7. The van der Waals surface area contributed by atoms with Crippen molar-refractivity contribution in [1.82, 2.24) is 0 Å². The summed E-state index contributed by atoms with van der Waals surface area (Å²) in [4.78, 5) is 36.5. The van der Waals surface area contributed by atoms with Crippen molar-refractivity contribution >= 4 is 35.1 Å². The number of anilines is 1. The van der Waals surface area contributed by atoms with Crippen LogP contribution in [-0.4, -0.2) is 37.1 Å². The summed E-state index contributed by atoms with van der Waals surface area (Å²) in [7, 11) is 0. The Kier molecular flexibility index (Phi) is 8.06. The number of amides is 1. The van der Waals surface area contributed by atoms with E-state index in [-0.39, 0.29) is 23.7 Å². The van der Waals surface area contributed by atoms with E-state index in [1.165, 1.54) is 18.7 Å². The molecule has 7 heteroatoms. The molecule has 0 fully saturated rings. The Morgan fingerprint density at radius 1 is 1.00 bits per heavy atom. The highest BCUT2D eigenvalue weighted by molar-refractivity contribution is 7.98. The molecule has 0 heterocycles. The van der Waals surface area contributed by atoms with Crippen molar-refractivity contribution in [2.75, 3.05) is 24.8 Å². The van der Waals surface area contributed by atoms with Crippen LogP contribution in [0.3, 0.4) is 0 Å². The van der Waals surface area contributed by atoms with E-state index < -0.39 is 12.6 Å². The van der Waals surface area contributed by atoms with Crippen molar-refractivity contribution in [2.24, 2.45) is 0 Å². The van der Waals surface area contributed by atoms with Gasteiger partial charge in [0.2, 0.25) is 5.91 Å². The summed E-state index contributed by atoms with van der Waals surface area (Å²) in [5, 5.41) is 2.70. The summed E-state index contributed by atoms with van der Waals surface area (Å²) < 4.78 is 10.5. The van der Waals surface area contributed by atoms with Gasteiger partial charge in [0.15, 0.2) is 19.0 Å². The molecule has 0 aliphatic heterocycles. The Morgan fingerprint density at radius 2 is 1.67 bits per heavy atom. The number of hydrogen-bond acceptors (Lipinski definition) is 6. The third kappa shape index (κ3) is 6.91. The first-order valence-electron chi connectivity index (χ1n) is 9.48. The van der Waals surface area contributed by atoms with Gasteiger partial charge in [0.25, 0.3) is 0 Å². The lowest BCUT2D eigenvalue weighted by Gasteiger charge is -2.19. The lowest BCUT2D eigenvalue weighted by atomic mass is 9.87. The molecule has 0 saturated heterocycles. The molecule has 1 N–H and O–H groups in total. The van der Waals surface area contributed by atoms with Gasteiger partial charge in [-0.2, -0.15) is 0 Å². The van der Waals surface area contributed by atoms with E-state index in [0.717, 1.165) is 10.5 Å². The van der Waals surface area contributed by atoms with Crippen molar-refractivity contribution in [2.45, 2.75) is 38.0 Å². The third-order valence-electron chi connectivity index (χ3n) is 4.27.